The second kappa shape index (κ2) is 8.36. The van der Waals surface area contributed by atoms with Crippen molar-refractivity contribution in [2.45, 2.75) is 18.9 Å². The van der Waals surface area contributed by atoms with E-state index in [1.807, 2.05) is 54.6 Å². The molecule has 3 aromatic rings. The van der Waals surface area contributed by atoms with Gasteiger partial charge in [0.25, 0.3) is 0 Å². The fraction of sp³-hybridized carbons (Fsp3) is 0.391. The number of anilines is 1. The molecule has 30 heavy (non-hydrogen) atoms. The minimum absolute atomic E-state index is 0.163. The summed E-state index contributed by atoms with van der Waals surface area (Å²) >= 11 is 0. The van der Waals surface area contributed by atoms with E-state index in [0.29, 0.717) is 19.2 Å². The Hall–Kier alpha value is -3.06. The fourth-order valence-electron chi connectivity index (χ4n) is 4.52. The number of rotatable bonds is 5. The number of benzene rings is 2. The molecule has 2 aliphatic heterocycles. The Bertz CT molecular complexity index is 1020. The van der Waals surface area contributed by atoms with Crippen LogP contribution in [0.15, 0.2) is 54.6 Å². The lowest BCUT2D eigenvalue weighted by Gasteiger charge is -2.38. The largest absolute Gasteiger partial charge is 0.492 e. The summed E-state index contributed by atoms with van der Waals surface area (Å²) in [6.45, 7) is 4.88. The molecule has 0 aliphatic carbocycles. The Morgan fingerprint density at radius 2 is 1.90 bits per heavy atom. The molecule has 1 unspecified atom stereocenters. The van der Waals surface area contributed by atoms with Crippen LogP contribution >= 0.6 is 0 Å². The maximum Gasteiger partial charge on any atom is 0.329 e. The molecule has 0 saturated carbocycles. The van der Waals surface area contributed by atoms with Gasteiger partial charge in [-0.15, -0.1) is 0 Å². The monoisotopic (exact) mass is 405 g/mol. The number of nitrogens with one attached hydrogen (secondary N) is 1. The van der Waals surface area contributed by atoms with Crippen molar-refractivity contribution in [3.05, 3.63) is 54.6 Å². The summed E-state index contributed by atoms with van der Waals surface area (Å²) < 4.78 is 7.42. The molecule has 7 nitrogen and oxygen atoms in total. The van der Waals surface area contributed by atoms with Crippen LogP contribution in [-0.4, -0.2) is 65.9 Å². The molecule has 2 aromatic carbocycles. The van der Waals surface area contributed by atoms with Crippen molar-refractivity contribution in [2.75, 3.05) is 44.2 Å². The third-order valence-corrected chi connectivity index (χ3v) is 6.01. The van der Waals surface area contributed by atoms with Crippen molar-refractivity contribution in [3.8, 4) is 5.75 Å². The molecule has 2 saturated heterocycles. The first kappa shape index (κ1) is 18.9. The van der Waals surface area contributed by atoms with Crippen molar-refractivity contribution in [1.82, 2.24) is 19.8 Å². The molecule has 0 spiro atoms. The molecule has 0 bridgehead atoms. The maximum absolute atomic E-state index is 13.1. The lowest BCUT2D eigenvalue weighted by atomic mass is 10.2. The summed E-state index contributed by atoms with van der Waals surface area (Å²) in [6.07, 6.45) is 2.48. The zero-order valence-electron chi connectivity index (χ0n) is 17.0. The van der Waals surface area contributed by atoms with E-state index in [1.165, 1.54) is 19.4 Å². The number of aromatic nitrogens is 2. The van der Waals surface area contributed by atoms with Crippen LogP contribution in [0.3, 0.4) is 0 Å². The highest BCUT2D eigenvalue weighted by molar-refractivity contribution is 5.93. The Morgan fingerprint density at radius 1 is 1.07 bits per heavy atom. The first-order valence-corrected chi connectivity index (χ1v) is 10.7. The minimum atomic E-state index is -0.163. The van der Waals surface area contributed by atoms with E-state index in [9.17, 15) is 4.79 Å². The molecule has 7 heteroatoms. The molecule has 3 heterocycles. The Labute approximate surface area is 176 Å². The number of hydrogen-bond donors (Lipinski definition) is 1. The van der Waals surface area contributed by atoms with Crippen LogP contribution in [0.5, 0.6) is 5.75 Å². The van der Waals surface area contributed by atoms with Crippen LogP contribution in [0, 0.1) is 0 Å². The van der Waals surface area contributed by atoms with E-state index in [1.54, 1.807) is 4.57 Å². The van der Waals surface area contributed by atoms with Gasteiger partial charge >= 0.3 is 6.03 Å². The summed E-state index contributed by atoms with van der Waals surface area (Å²) in [5.41, 5.74) is 1.68. The Balaban J connectivity index is 1.32. The molecule has 2 aliphatic rings. The minimum Gasteiger partial charge on any atom is -0.492 e. The zero-order chi connectivity index (χ0) is 20.3. The number of fused-ring (bicyclic) bond motifs is 2. The van der Waals surface area contributed by atoms with Crippen LogP contribution in [-0.2, 0) is 0 Å². The van der Waals surface area contributed by atoms with E-state index in [2.05, 4.69) is 15.1 Å². The van der Waals surface area contributed by atoms with Crippen LogP contribution in [0.4, 0.5) is 10.7 Å². The molecular weight excluding hydrogens is 378 g/mol. The van der Waals surface area contributed by atoms with E-state index in [0.717, 1.165) is 42.4 Å². The van der Waals surface area contributed by atoms with Gasteiger partial charge in [0.05, 0.1) is 17.6 Å². The van der Waals surface area contributed by atoms with Gasteiger partial charge in [0.1, 0.15) is 12.4 Å². The fourth-order valence-corrected chi connectivity index (χ4v) is 4.52. The summed E-state index contributed by atoms with van der Waals surface area (Å²) in [6, 6.07) is 17.9. The highest BCUT2D eigenvalue weighted by atomic mass is 16.5. The molecule has 1 amide bonds. The molecule has 0 radical (unpaired) electrons. The van der Waals surface area contributed by atoms with Crippen molar-refractivity contribution in [2.24, 2.45) is 0 Å². The normalized spacial score (nSPS) is 19.1. The summed E-state index contributed by atoms with van der Waals surface area (Å²) in [5, 5.41) is 3.00. The lowest BCUT2D eigenvalue weighted by molar-refractivity contribution is 0.227. The predicted molar refractivity (Wildman–Crippen MR) is 117 cm³/mol. The molecule has 156 valence electrons. The number of amides is 1. The highest BCUT2D eigenvalue weighted by Gasteiger charge is 2.33. The third kappa shape index (κ3) is 3.73. The van der Waals surface area contributed by atoms with Crippen molar-refractivity contribution < 1.29 is 9.53 Å². The number of imidazole rings is 1. The van der Waals surface area contributed by atoms with Crippen LogP contribution in [0.1, 0.15) is 12.8 Å². The van der Waals surface area contributed by atoms with E-state index >= 15 is 0 Å². The van der Waals surface area contributed by atoms with Gasteiger partial charge in [-0.2, -0.15) is 0 Å². The molecule has 1 aromatic heterocycles. The molecule has 1 atom stereocenters. The third-order valence-electron chi connectivity index (χ3n) is 6.01. The van der Waals surface area contributed by atoms with Gasteiger partial charge in [-0.05, 0) is 43.7 Å². The van der Waals surface area contributed by atoms with Gasteiger partial charge in [-0.1, -0.05) is 30.3 Å². The van der Waals surface area contributed by atoms with Crippen molar-refractivity contribution >= 4 is 23.0 Å². The number of nitrogens with zero attached hydrogens (tertiary/aromatic N) is 4. The number of ether oxygens (including phenoxy) is 1. The Kier molecular flexibility index (Phi) is 5.27. The number of carbonyl (C=O) groups is 1. The highest BCUT2D eigenvalue weighted by Crippen LogP contribution is 2.27. The van der Waals surface area contributed by atoms with E-state index in [-0.39, 0.29) is 6.03 Å². The second-order valence-electron chi connectivity index (χ2n) is 7.91. The number of piperazine rings is 1. The number of carbonyl (C=O) groups excluding carboxylic acids is 1. The van der Waals surface area contributed by atoms with Gasteiger partial charge in [0, 0.05) is 25.7 Å². The van der Waals surface area contributed by atoms with Crippen molar-refractivity contribution in [3.63, 3.8) is 0 Å². The van der Waals surface area contributed by atoms with Gasteiger partial charge in [-0.25, -0.2) is 14.3 Å². The van der Waals surface area contributed by atoms with Crippen LogP contribution in [0.25, 0.3) is 11.0 Å². The van der Waals surface area contributed by atoms with Gasteiger partial charge in [-0.3, -0.25) is 4.90 Å². The van der Waals surface area contributed by atoms with Gasteiger partial charge in [0.15, 0.2) is 0 Å². The Morgan fingerprint density at radius 3 is 2.80 bits per heavy atom. The predicted octanol–water partition coefficient (Wildman–Crippen LogP) is 2.96. The maximum atomic E-state index is 13.1. The molecule has 2 fully saturated rings. The smallest absolute Gasteiger partial charge is 0.329 e. The first-order chi connectivity index (χ1) is 14.8. The first-order valence-electron chi connectivity index (χ1n) is 10.7. The van der Waals surface area contributed by atoms with Crippen molar-refractivity contribution in [1.29, 1.82) is 0 Å². The topological polar surface area (TPSA) is 62.6 Å². The summed E-state index contributed by atoms with van der Waals surface area (Å²) in [5.74, 6) is 1.54. The summed E-state index contributed by atoms with van der Waals surface area (Å²) in [7, 11) is 0. The molecular formula is C23H27N5O2. The van der Waals surface area contributed by atoms with E-state index < -0.39 is 0 Å². The van der Waals surface area contributed by atoms with E-state index in [4.69, 9.17) is 9.72 Å². The average molecular weight is 406 g/mol. The molecule has 5 rings (SSSR count). The zero-order valence-corrected chi connectivity index (χ0v) is 17.0. The quantitative estimate of drug-likeness (QED) is 0.662. The van der Waals surface area contributed by atoms with Crippen LogP contribution < -0.4 is 15.0 Å². The number of para-hydroxylation sites is 3. The second-order valence-corrected chi connectivity index (χ2v) is 7.91. The number of hydrogen-bond acceptors (Lipinski definition) is 5. The standard InChI is InChI=1S/C23H27N5O2/c29-23(24-12-16-30-19-8-2-1-3-9-19)28-21-11-5-4-10-20(21)25-22(28)27-15-14-26-13-6-7-18(26)17-27/h1-5,8-11,18H,6-7,12-17H2,(H,24,29). The lowest BCUT2D eigenvalue weighted by Crippen LogP contribution is -2.51. The average Bonchev–Trinajstić information content (AvgIpc) is 3.41. The van der Waals surface area contributed by atoms with Gasteiger partial charge in [0.2, 0.25) is 5.95 Å². The molecule has 1 N–H and O–H groups in total. The van der Waals surface area contributed by atoms with Gasteiger partial charge < -0.3 is 15.0 Å². The van der Waals surface area contributed by atoms with Crippen LogP contribution in [0.2, 0.25) is 0 Å². The summed E-state index contributed by atoms with van der Waals surface area (Å²) in [4.78, 5) is 22.8. The SMILES string of the molecule is O=C(NCCOc1ccccc1)n1c(N2CCN3CCCC3C2)nc2ccccc21.